The average molecular weight is 629 g/mol. The van der Waals surface area contributed by atoms with Gasteiger partial charge in [-0.15, -0.1) is 0 Å². The molecule has 0 spiro atoms. The third kappa shape index (κ3) is 5.14. The molecule has 0 aliphatic carbocycles. The van der Waals surface area contributed by atoms with Crippen LogP contribution in [0.3, 0.4) is 0 Å². The Bertz CT molecular complexity index is 2580. The van der Waals surface area contributed by atoms with Crippen LogP contribution >= 0.6 is 0 Å². The molecule has 0 fully saturated rings. The van der Waals surface area contributed by atoms with Crippen LogP contribution in [0.2, 0.25) is 0 Å². The summed E-state index contributed by atoms with van der Waals surface area (Å²) >= 11 is 0. The molecule has 0 aliphatic rings. The Hall–Kier alpha value is -6.72. The number of aromatic nitrogens is 4. The summed E-state index contributed by atoms with van der Waals surface area (Å²) in [6, 6.07) is 55.1. The molecule has 0 saturated carbocycles. The van der Waals surface area contributed by atoms with Crippen molar-refractivity contribution in [1.29, 1.82) is 0 Å². The zero-order valence-electron chi connectivity index (χ0n) is 26.3. The van der Waals surface area contributed by atoms with Crippen molar-refractivity contribution in [3.8, 4) is 62.3 Å². The van der Waals surface area contributed by atoms with Gasteiger partial charge in [-0.3, -0.25) is 0 Å². The van der Waals surface area contributed by atoms with Gasteiger partial charge in [0.15, 0.2) is 17.5 Å². The predicted molar refractivity (Wildman–Crippen MR) is 199 cm³/mol. The zero-order valence-corrected chi connectivity index (χ0v) is 26.3. The van der Waals surface area contributed by atoms with Crippen molar-refractivity contribution in [2.24, 2.45) is 0 Å². The van der Waals surface area contributed by atoms with Gasteiger partial charge in [-0.25, -0.2) is 19.9 Å². The van der Waals surface area contributed by atoms with E-state index in [-0.39, 0.29) is 5.75 Å². The van der Waals surface area contributed by atoms with Gasteiger partial charge in [-0.05, 0) is 28.0 Å². The maximum absolute atomic E-state index is 10.8. The Labute approximate surface area is 282 Å². The van der Waals surface area contributed by atoms with Gasteiger partial charge in [0, 0.05) is 38.4 Å². The van der Waals surface area contributed by atoms with Crippen LogP contribution in [0.4, 0.5) is 0 Å². The number of fused-ring (bicyclic) bond motifs is 5. The second kappa shape index (κ2) is 11.8. The Morgan fingerprint density at radius 1 is 0.327 bits per heavy atom. The van der Waals surface area contributed by atoms with Crippen molar-refractivity contribution >= 4 is 32.4 Å². The molecule has 49 heavy (non-hydrogen) atoms. The van der Waals surface area contributed by atoms with E-state index in [9.17, 15) is 5.11 Å². The number of hydrogen-bond acceptors (Lipinski definition) is 5. The van der Waals surface area contributed by atoms with E-state index in [1.807, 2.05) is 72.8 Å². The highest BCUT2D eigenvalue weighted by molar-refractivity contribution is 6.23. The highest BCUT2D eigenvalue weighted by atomic mass is 16.3. The summed E-state index contributed by atoms with van der Waals surface area (Å²) < 4.78 is 0. The minimum atomic E-state index is 0.176. The lowest BCUT2D eigenvalue weighted by Crippen LogP contribution is -2.00. The van der Waals surface area contributed by atoms with Gasteiger partial charge in [0.25, 0.3) is 0 Å². The fourth-order valence-electron chi connectivity index (χ4n) is 6.57. The van der Waals surface area contributed by atoms with E-state index in [1.165, 1.54) is 0 Å². The number of rotatable bonds is 5. The second-order valence-corrected chi connectivity index (χ2v) is 12.0. The number of pyridine rings is 1. The van der Waals surface area contributed by atoms with Gasteiger partial charge in [0.05, 0.1) is 5.69 Å². The quantitative estimate of drug-likeness (QED) is 0.192. The molecule has 2 heterocycles. The molecule has 0 aliphatic heterocycles. The van der Waals surface area contributed by atoms with Crippen LogP contribution in [0.1, 0.15) is 0 Å². The van der Waals surface area contributed by atoms with E-state index in [0.29, 0.717) is 23.0 Å². The van der Waals surface area contributed by atoms with Crippen LogP contribution in [0.25, 0.3) is 89.0 Å². The molecule has 0 saturated heterocycles. The second-order valence-electron chi connectivity index (χ2n) is 12.0. The third-order valence-corrected chi connectivity index (χ3v) is 9.03. The average Bonchev–Trinajstić information content (AvgIpc) is 3.18. The number of benzene rings is 7. The first kappa shape index (κ1) is 28.5. The van der Waals surface area contributed by atoms with Crippen LogP contribution in [-0.4, -0.2) is 25.0 Å². The highest BCUT2D eigenvalue weighted by Crippen LogP contribution is 2.39. The topological polar surface area (TPSA) is 71.8 Å². The molecule has 2 aromatic heterocycles. The summed E-state index contributed by atoms with van der Waals surface area (Å²) in [4.78, 5) is 19.6. The molecule has 5 heteroatoms. The lowest BCUT2D eigenvalue weighted by molar-refractivity contribution is 0.480. The van der Waals surface area contributed by atoms with Crippen molar-refractivity contribution in [2.45, 2.75) is 0 Å². The van der Waals surface area contributed by atoms with Crippen LogP contribution in [0.15, 0.2) is 164 Å². The molecule has 0 bridgehead atoms. The van der Waals surface area contributed by atoms with Crippen molar-refractivity contribution in [3.63, 3.8) is 0 Å². The minimum absolute atomic E-state index is 0.176. The van der Waals surface area contributed by atoms with Crippen molar-refractivity contribution in [2.75, 3.05) is 0 Å². The van der Waals surface area contributed by atoms with Crippen LogP contribution < -0.4 is 0 Å². The highest BCUT2D eigenvalue weighted by Gasteiger charge is 2.16. The van der Waals surface area contributed by atoms with Crippen molar-refractivity contribution < 1.29 is 5.11 Å². The van der Waals surface area contributed by atoms with E-state index >= 15 is 0 Å². The fraction of sp³-hybridized carbons (Fsp3) is 0. The molecule has 5 nitrogen and oxygen atoms in total. The summed E-state index contributed by atoms with van der Waals surface area (Å²) in [5, 5.41) is 16.2. The molecule has 9 aromatic rings. The van der Waals surface area contributed by atoms with Crippen molar-refractivity contribution in [1.82, 2.24) is 19.9 Å². The van der Waals surface area contributed by atoms with Gasteiger partial charge >= 0.3 is 0 Å². The van der Waals surface area contributed by atoms with Gasteiger partial charge in [-0.2, -0.15) is 0 Å². The van der Waals surface area contributed by atoms with Gasteiger partial charge in [0.2, 0.25) is 0 Å². The standard InChI is InChI=1S/C44H28N4O/c49-38-17-9-16-36-39-35-15-8-7-10-30(35)26-27-37(39)40(45-41(36)38)31-22-18-28(19-23-31)29-20-24-34(25-21-29)44-47-42(32-11-3-1-4-12-32)46-43(48-44)33-13-5-2-6-14-33/h1-27,49H. The molecule has 0 unspecified atom stereocenters. The summed E-state index contributed by atoms with van der Waals surface area (Å²) in [5.74, 6) is 2.08. The number of para-hydroxylation sites is 1. The Morgan fingerprint density at radius 2 is 0.816 bits per heavy atom. The van der Waals surface area contributed by atoms with E-state index < -0.39 is 0 Å². The Kier molecular flexibility index (Phi) is 6.87. The van der Waals surface area contributed by atoms with Gasteiger partial charge < -0.3 is 5.11 Å². The lowest BCUT2D eigenvalue weighted by Gasteiger charge is -2.14. The summed E-state index contributed by atoms with van der Waals surface area (Å²) in [6.45, 7) is 0. The molecule has 0 atom stereocenters. The SMILES string of the molecule is Oc1cccc2c1nc(-c1ccc(-c3ccc(-c4nc(-c5ccccc5)nc(-c5ccccc5)n4)cc3)cc1)c1ccc3ccccc3c12. The number of nitrogens with zero attached hydrogens (tertiary/aromatic N) is 4. The Balaban J connectivity index is 1.09. The fourth-order valence-corrected chi connectivity index (χ4v) is 6.57. The zero-order chi connectivity index (χ0) is 32.7. The maximum Gasteiger partial charge on any atom is 0.164 e. The first-order valence-corrected chi connectivity index (χ1v) is 16.2. The van der Waals surface area contributed by atoms with Gasteiger partial charge in [0.1, 0.15) is 11.3 Å². The monoisotopic (exact) mass is 628 g/mol. The Morgan fingerprint density at radius 3 is 1.43 bits per heavy atom. The summed E-state index contributed by atoms with van der Waals surface area (Å²) in [6.07, 6.45) is 0. The maximum atomic E-state index is 10.8. The third-order valence-electron chi connectivity index (χ3n) is 9.03. The van der Waals surface area contributed by atoms with Gasteiger partial charge in [-0.1, -0.05) is 158 Å². The van der Waals surface area contributed by atoms with E-state index in [1.54, 1.807) is 6.07 Å². The number of phenolic OH excluding ortho intramolecular Hbond substituents is 1. The number of phenols is 1. The smallest absolute Gasteiger partial charge is 0.164 e. The minimum Gasteiger partial charge on any atom is -0.506 e. The molecule has 7 aromatic carbocycles. The first-order chi connectivity index (χ1) is 24.2. The summed E-state index contributed by atoms with van der Waals surface area (Å²) in [7, 11) is 0. The first-order valence-electron chi connectivity index (χ1n) is 16.2. The molecule has 0 radical (unpaired) electrons. The molecule has 1 N–H and O–H groups in total. The van der Waals surface area contributed by atoms with Crippen LogP contribution in [-0.2, 0) is 0 Å². The molecular formula is C44H28N4O. The van der Waals surface area contributed by atoms with Crippen LogP contribution in [0, 0.1) is 0 Å². The van der Waals surface area contributed by atoms with E-state index in [0.717, 1.165) is 66.0 Å². The number of aromatic hydroxyl groups is 1. The number of hydrogen-bond donors (Lipinski definition) is 1. The lowest BCUT2D eigenvalue weighted by atomic mass is 9.94. The molecule has 0 amide bonds. The van der Waals surface area contributed by atoms with E-state index in [4.69, 9.17) is 19.9 Å². The van der Waals surface area contributed by atoms with E-state index in [2.05, 4.69) is 84.9 Å². The molecule has 9 rings (SSSR count). The molecule has 230 valence electrons. The summed E-state index contributed by atoms with van der Waals surface area (Å²) in [5.41, 5.74) is 7.39. The molecular weight excluding hydrogens is 601 g/mol. The predicted octanol–water partition coefficient (Wildman–Crippen LogP) is 10.8. The largest absolute Gasteiger partial charge is 0.506 e. The van der Waals surface area contributed by atoms with Crippen molar-refractivity contribution in [3.05, 3.63) is 164 Å². The normalized spacial score (nSPS) is 11.3. The van der Waals surface area contributed by atoms with Crippen LogP contribution in [0.5, 0.6) is 5.75 Å².